The normalized spacial score (nSPS) is 14.9. The Morgan fingerprint density at radius 3 is 2.19 bits per heavy atom. The van der Waals surface area contributed by atoms with E-state index in [-0.39, 0.29) is 5.56 Å². The number of piperazine rings is 1. The minimum Gasteiger partial charge on any atom is -0.369 e. The van der Waals surface area contributed by atoms with E-state index >= 15 is 0 Å². The largest absolute Gasteiger partial charge is 0.369 e. The number of H-pyrrole nitrogens is 1. The fraction of sp³-hybridized carbons (Fsp3) is 0.259. The number of anilines is 1. The smallest absolute Gasteiger partial charge is 0.256 e. The van der Waals surface area contributed by atoms with Crippen LogP contribution in [0.15, 0.2) is 77.9 Å². The molecule has 1 fully saturated rings. The van der Waals surface area contributed by atoms with Crippen molar-refractivity contribution in [3.05, 3.63) is 83.4 Å². The van der Waals surface area contributed by atoms with Crippen LogP contribution in [0.5, 0.6) is 0 Å². The van der Waals surface area contributed by atoms with E-state index in [4.69, 9.17) is 0 Å². The van der Waals surface area contributed by atoms with Crippen molar-refractivity contribution in [2.45, 2.75) is 19.9 Å². The molecule has 2 aromatic heterocycles. The number of benzene rings is 2. The van der Waals surface area contributed by atoms with E-state index in [2.05, 4.69) is 70.0 Å². The van der Waals surface area contributed by atoms with Gasteiger partial charge in [0.05, 0.1) is 0 Å². The summed E-state index contributed by atoms with van der Waals surface area (Å²) in [6.45, 7) is 8.90. The van der Waals surface area contributed by atoms with Crippen LogP contribution in [0.3, 0.4) is 0 Å². The Kier molecular flexibility index (Phi) is 5.50. The van der Waals surface area contributed by atoms with E-state index < -0.39 is 0 Å². The second-order valence-electron chi connectivity index (χ2n) is 8.71. The Bertz CT molecular complexity index is 1270. The van der Waals surface area contributed by atoms with Crippen LogP contribution in [0.2, 0.25) is 0 Å². The van der Waals surface area contributed by atoms with Gasteiger partial charge in [0.25, 0.3) is 5.56 Å². The molecule has 0 spiro atoms. The molecular weight excluding hydrogens is 396 g/mol. The highest BCUT2D eigenvalue weighted by molar-refractivity contribution is 5.87. The second-order valence-corrected chi connectivity index (χ2v) is 8.71. The third-order valence-corrected chi connectivity index (χ3v) is 6.45. The van der Waals surface area contributed by atoms with E-state index in [0.717, 1.165) is 48.2 Å². The molecule has 5 nitrogen and oxygen atoms in total. The summed E-state index contributed by atoms with van der Waals surface area (Å²) in [5.41, 5.74) is 5.88. The van der Waals surface area contributed by atoms with Gasteiger partial charge in [-0.3, -0.25) is 14.7 Å². The van der Waals surface area contributed by atoms with Crippen molar-refractivity contribution in [2.75, 3.05) is 31.1 Å². The molecule has 0 atom stereocenters. The molecule has 1 saturated heterocycles. The van der Waals surface area contributed by atoms with Crippen molar-refractivity contribution in [2.24, 2.45) is 0 Å². The minimum absolute atomic E-state index is 0.0848. The molecule has 0 unspecified atom stereocenters. The zero-order valence-corrected chi connectivity index (χ0v) is 18.6. The molecule has 1 N–H and O–H groups in total. The summed E-state index contributed by atoms with van der Waals surface area (Å²) in [6, 6.07) is 21.3. The number of hydrogen-bond acceptors (Lipinski definition) is 4. The fourth-order valence-corrected chi connectivity index (χ4v) is 4.49. The van der Waals surface area contributed by atoms with Gasteiger partial charge in [-0.1, -0.05) is 18.2 Å². The maximum Gasteiger partial charge on any atom is 0.256 e. The molecule has 5 rings (SSSR count). The van der Waals surface area contributed by atoms with Crippen molar-refractivity contribution in [3.63, 3.8) is 0 Å². The number of aromatic nitrogens is 2. The molecule has 1 aliphatic rings. The van der Waals surface area contributed by atoms with Gasteiger partial charge in [0.1, 0.15) is 0 Å². The summed E-state index contributed by atoms with van der Waals surface area (Å²) >= 11 is 0. The first-order valence-corrected chi connectivity index (χ1v) is 11.3. The van der Waals surface area contributed by atoms with E-state index in [1.54, 1.807) is 12.4 Å². The highest BCUT2D eigenvalue weighted by atomic mass is 16.1. The molecule has 0 amide bonds. The lowest BCUT2D eigenvalue weighted by Gasteiger charge is -2.38. The van der Waals surface area contributed by atoms with E-state index in [1.165, 1.54) is 11.3 Å². The molecule has 162 valence electrons. The predicted octanol–water partition coefficient (Wildman–Crippen LogP) is 4.79. The Balaban J connectivity index is 1.41. The van der Waals surface area contributed by atoms with Crippen molar-refractivity contribution < 1.29 is 0 Å². The quantitative estimate of drug-likeness (QED) is 0.512. The molecule has 32 heavy (non-hydrogen) atoms. The molecular formula is C27H28N4O. The van der Waals surface area contributed by atoms with Crippen LogP contribution in [0.25, 0.3) is 33.2 Å². The van der Waals surface area contributed by atoms with Gasteiger partial charge in [0, 0.05) is 61.4 Å². The molecule has 4 aromatic rings. The third-order valence-electron chi connectivity index (χ3n) is 6.45. The fourth-order valence-electron chi connectivity index (χ4n) is 4.49. The number of aromatic amines is 1. The summed E-state index contributed by atoms with van der Waals surface area (Å²) < 4.78 is 0. The molecule has 0 saturated carbocycles. The Hall–Kier alpha value is -3.44. The predicted molar refractivity (Wildman–Crippen MR) is 132 cm³/mol. The highest BCUT2D eigenvalue weighted by Gasteiger charge is 2.19. The maximum absolute atomic E-state index is 12.6. The van der Waals surface area contributed by atoms with Gasteiger partial charge in [-0.25, -0.2) is 0 Å². The van der Waals surface area contributed by atoms with Gasteiger partial charge in [0.15, 0.2) is 0 Å². The van der Waals surface area contributed by atoms with Gasteiger partial charge < -0.3 is 9.88 Å². The zero-order valence-electron chi connectivity index (χ0n) is 18.6. The van der Waals surface area contributed by atoms with Gasteiger partial charge in [-0.2, -0.15) is 0 Å². The molecule has 5 heteroatoms. The molecule has 0 bridgehead atoms. The summed E-state index contributed by atoms with van der Waals surface area (Å²) in [7, 11) is 0. The van der Waals surface area contributed by atoms with Gasteiger partial charge >= 0.3 is 0 Å². The number of rotatable bonds is 4. The first-order chi connectivity index (χ1) is 15.6. The molecule has 0 aliphatic carbocycles. The Morgan fingerprint density at radius 1 is 0.812 bits per heavy atom. The number of nitrogens with zero attached hydrogens (tertiary/aromatic N) is 3. The SMILES string of the molecule is CC(C)N1CCN(c2ccc(-c3ccc4[nH]c(=O)c(-c5ccncc5)cc4c3)cc2)CC1. The Labute approximate surface area is 188 Å². The van der Waals surface area contributed by atoms with Crippen LogP contribution in [0.1, 0.15) is 13.8 Å². The zero-order chi connectivity index (χ0) is 22.1. The van der Waals surface area contributed by atoms with Crippen molar-refractivity contribution in [1.82, 2.24) is 14.9 Å². The van der Waals surface area contributed by atoms with Crippen molar-refractivity contribution >= 4 is 16.6 Å². The van der Waals surface area contributed by atoms with E-state index in [0.29, 0.717) is 11.6 Å². The van der Waals surface area contributed by atoms with Crippen LogP contribution < -0.4 is 10.5 Å². The van der Waals surface area contributed by atoms with Gasteiger partial charge in [-0.15, -0.1) is 0 Å². The highest BCUT2D eigenvalue weighted by Crippen LogP contribution is 2.28. The summed E-state index contributed by atoms with van der Waals surface area (Å²) in [4.78, 5) is 24.6. The summed E-state index contributed by atoms with van der Waals surface area (Å²) in [6.07, 6.45) is 3.42. The first kappa shape index (κ1) is 20.5. The first-order valence-electron chi connectivity index (χ1n) is 11.3. The van der Waals surface area contributed by atoms with Crippen molar-refractivity contribution in [3.8, 4) is 22.3 Å². The van der Waals surface area contributed by atoms with E-state index in [1.807, 2.05) is 24.3 Å². The maximum atomic E-state index is 12.6. The number of fused-ring (bicyclic) bond motifs is 1. The number of nitrogens with one attached hydrogen (secondary N) is 1. The second kappa shape index (κ2) is 8.60. The van der Waals surface area contributed by atoms with Crippen molar-refractivity contribution in [1.29, 1.82) is 0 Å². The van der Waals surface area contributed by atoms with Crippen LogP contribution in [0, 0.1) is 0 Å². The topological polar surface area (TPSA) is 52.2 Å². The monoisotopic (exact) mass is 424 g/mol. The molecule has 1 aliphatic heterocycles. The van der Waals surface area contributed by atoms with Gasteiger partial charge in [-0.05, 0) is 78.4 Å². The molecule has 3 heterocycles. The number of pyridine rings is 2. The summed E-state index contributed by atoms with van der Waals surface area (Å²) in [5.74, 6) is 0. The lowest BCUT2D eigenvalue weighted by molar-refractivity contribution is 0.209. The van der Waals surface area contributed by atoms with Gasteiger partial charge in [0.2, 0.25) is 0 Å². The third kappa shape index (κ3) is 4.04. The van der Waals surface area contributed by atoms with Crippen LogP contribution in [-0.4, -0.2) is 47.1 Å². The molecule has 0 radical (unpaired) electrons. The average molecular weight is 425 g/mol. The van der Waals surface area contributed by atoms with Crippen LogP contribution in [0.4, 0.5) is 5.69 Å². The standard InChI is InChI=1S/C27H28N4O/c1-19(2)30-13-15-31(16-14-30)24-6-3-20(4-7-24)22-5-8-26-23(17-22)18-25(27(32)29-26)21-9-11-28-12-10-21/h3-12,17-19H,13-16H2,1-2H3,(H,29,32). The lowest BCUT2D eigenvalue weighted by atomic mass is 10.0. The average Bonchev–Trinajstić information content (AvgIpc) is 2.84. The minimum atomic E-state index is -0.0848. The Morgan fingerprint density at radius 2 is 1.50 bits per heavy atom. The summed E-state index contributed by atoms with van der Waals surface area (Å²) in [5, 5.41) is 1.02. The lowest BCUT2D eigenvalue weighted by Crippen LogP contribution is -2.48. The number of hydrogen-bond donors (Lipinski definition) is 1. The van der Waals surface area contributed by atoms with E-state index in [9.17, 15) is 4.79 Å². The molecule has 2 aromatic carbocycles. The van der Waals surface area contributed by atoms with Crippen LogP contribution in [-0.2, 0) is 0 Å². The van der Waals surface area contributed by atoms with Crippen LogP contribution >= 0.6 is 0 Å².